The molecule has 0 bridgehead atoms. The predicted molar refractivity (Wildman–Crippen MR) is 82.6 cm³/mol. The maximum absolute atomic E-state index is 12.4. The third-order valence-corrected chi connectivity index (χ3v) is 4.16. The summed E-state index contributed by atoms with van der Waals surface area (Å²) in [6.45, 7) is 3.92. The number of nitrogens with zero attached hydrogens (tertiary/aromatic N) is 3. The molecule has 0 N–H and O–H groups in total. The molecule has 3 rings (SSSR count). The van der Waals surface area contributed by atoms with E-state index in [0.29, 0.717) is 6.54 Å². The van der Waals surface area contributed by atoms with Crippen molar-refractivity contribution in [3.8, 4) is 5.75 Å². The van der Waals surface area contributed by atoms with Gasteiger partial charge in [-0.15, -0.1) is 0 Å². The van der Waals surface area contributed by atoms with Crippen LogP contribution in [0.25, 0.3) is 10.9 Å². The smallest absolute Gasteiger partial charge is 0.242 e. The minimum atomic E-state index is 0.184. The number of rotatable bonds is 3. The van der Waals surface area contributed by atoms with E-state index < -0.39 is 0 Å². The van der Waals surface area contributed by atoms with Crippen LogP contribution >= 0.6 is 0 Å². The summed E-state index contributed by atoms with van der Waals surface area (Å²) < 4.78 is 7.36. The zero-order valence-electron chi connectivity index (χ0n) is 12.6. The maximum atomic E-state index is 12.4. The highest BCUT2D eigenvalue weighted by atomic mass is 16.5. The molecule has 2 heterocycles. The van der Waals surface area contributed by atoms with Crippen LogP contribution in [0.3, 0.4) is 0 Å². The van der Waals surface area contributed by atoms with Gasteiger partial charge in [-0.25, -0.2) is 0 Å². The van der Waals surface area contributed by atoms with Gasteiger partial charge in [-0.05, 0) is 25.2 Å². The fourth-order valence-corrected chi connectivity index (χ4v) is 2.81. The van der Waals surface area contributed by atoms with E-state index in [0.717, 1.165) is 42.8 Å². The summed E-state index contributed by atoms with van der Waals surface area (Å²) in [5.41, 5.74) is 1.04. The molecule has 0 unspecified atom stereocenters. The third-order valence-electron chi connectivity index (χ3n) is 4.16. The number of fused-ring (bicyclic) bond motifs is 1. The van der Waals surface area contributed by atoms with E-state index >= 15 is 0 Å². The molecule has 5 nitrogen and oxygen atoms in total. The number of likely N-dealkylation sites (N-methyl/N-ethyl adjacent to an activating group) is 1. The zero-order chi connectivity index (χ0) is 14.8. The molecule has 2 aromatic rings. The normalized spacial score (nSPS) is 16.4. The lowest BCUT2D eigenvalue weighted by molar-refractivity contribution is -0.133. The van der Waals surface area contributed by atoms with Gasteiger partial charge in [-0.2, -0.15) is 0 Å². The summed E-state index contributed by atoms with van der Waals surface area (Å²) >= 11 is 0. The second-order valence-corrected chi connectivity index (χ2v) is 5.52. The lowest BCUT2D eigenvalue weighted by Gasteiger charge is -2.32. The van der Waals surface area contributed by atoms with Crippen molar-refractivity contribution in [1.29, 1.82) is 0 Å². The Labute approximate surface area is 124 Å². The van der Waals surface area contributed by atoms with Crippen molar-refractivity contribution in [2.75, 3.05) is 40.3 Å². The highest BCUT2D eigenvalue weighted by Gasteiger charge is 2.19. The van der Waals surface area contributed by atoms with Crippen LogP contribution in [-0.2, 0) is 11.3 Å². The lowest BCUT2D eigenvalue weighted by atomic mass is 10.2. The fourth-order valence-electron chi connectivity index (χ4n) is 2.81. The summed E-state index contributed by atoms with van der Waals surface area (Å²) in [7, 11) is 3.76. The van der Waals surface area contributed by atoms with Crippen molar-refractivity contribution in [2.24, 2.45) is 0 Å². The van der Waals surface area contributed by atoms with Crippen LogP contribution < -0.4 is 4.74 Å². The molecule has 1 aliphatic heterocycles. The summed E-state index contributed by atoms with van der Waals surface area (Å²) in [4.78, 5) is 16.6. The monoisotopic (exact) mass is 287 g/mol. The molecule has 1 aromatic carbocycles. The average molecular weight is 287 g/mol. The van der Waals surface area contributed by atoms with Crippen LogP contribution in [0.2, 0.25) is 0 Å². The number of carbonyl (C=O) groups is 1. The Kier molecular flexibility index (Phi) is 3.84. The molecule has 0 saturated carbocycles. The van der Waals surface area contributed by atoms with E-state index in [2.05, 4.69) is 11.9 Å². The summed E-state index contributed by atoms with van der Waals surface area (Å²) in [5, 5.41) is 1.05. The largest absolute Gasteiger partial charge is 0.496 e. The van der Waals surface area contributed by atoms with Crippen molar-refractivity contribution in [2.45, 2.75) is 6.54 Å². The molecule has 1 aliphatic rings. The second kappa shape index (κ2) is 5.77. The first-order valence-corrected chi connectivity index (χ1v) is 7.27. The summed E-state index contributed by atoms with van der Waals surface area (Å²) in [6.07, 6.45) is 1.96. The van der Waals surface area contributed by atoms with E-state index in [1.54, 1.807) is 7.11 Å². The molecule has 21 heavy (non-hydrogen) atoms. The predicted octanol–water partition coefficient (Wildman–Crippen LogP) is 1.42. The van der Waals surface area contributed by atoms with Crippen molar-refractivity contribution >= 4 is 16.8 Å². The molecule has 1 saturated heterocycles. The van der Waals surface area contributed by atoms with Crippen LogP contribution in [-0.4, -0.2) is 60.6 Å². The van der Waals surface area contributed by atoms with Gasteiger partial charge in [0.2, 0.25) is 5.91 Å². The number of methoxy groups -OCH3 is 1. The average Bonchev–Trinajstić information content (AvgIpc) is 2.91. The van der Waals surface area contributed by atoms with Crippen LogP contribution in [0.5, 0.6) is 5.75 Å². The quantitative estimate of drug-likeness (QED) is 0.857. The highest BCUT2D eigenvalue weighted by Crippen LogP contribution is 2.26. The van der Waals surface area contributed by atoms with Crippen molar-refractivity contribution in [1.82, 2.24) is 14.4 Å². The van der Waals surface area contributed by atoms with Crippen LogP contribution in [0, 0.1) is 0 Å². The molecule has 0 spiro atoms. The van der Waals surface area contributed by atoms with E-state index in [9.17, 15) is 4.79 Å². The minimum Gasteiger partial charge on any atom is -0.496 e. The van der Waals surface area contributed by atoms with Gasteiger partial charge >= 0.3 is 0 Å². The van der Waals surface area contributed by atoms with Gasteiger partial charge in [0, 0.05) is 37.8 Å². The van der Waals surface area contributed by atoms with Crippen molar-refractivity contribution < 1.29 is 9.53 Å². The molecule has 0 radical (unpaired) electrons. The first kappa shape index (κ1) is 13.9. The van der Waals surface area contributed by atoms with Crippen LogP contribution in [0.4, 0.5) is 0 Å². The Morgan fingerprint density at radius 1 is 1.19 bits per heavy atom. The first-order chi connectivity index (χ1) is 10.2. The van der Waals surface area contributed by atoms with Crippen molar-refractivity contribution in [3.05, 3.63) is 30.5 Å². The van der Waals surface area contributed by atoms with E-state index in [-0.39, 0.29) is 5.91 Å². The fraction of sp³-hybridized carbons (Fsp3) is 0.438. The SMILES string of the molecule is COc1cccc2c1ccn2CC(=O)N1CCN(C)CC1. The number of piperazine rings is 1. The van der Waals surface area contributed by atoms with Gasteiger partial charge in [-0.1, -0.05) is 6.07 Å². The number of hydrogen-bond donors (Lipinski definition) is 0. The number of carbonyl (C=O) groups excluding carboxylic acids is 1. The standard InChI is InChI=1S/C16H21N3O2/c1-17-8-10-18(11-9-17)16(20)12-19-7-6-13-14(19)4-3-5-15(13)21-2/h3-7H,8-12H2,1-2H3. The third kappa shape index (κ3) is 2.74. The molecule has 0 atom stereocenters. The number of amides is 1. The maximum Gasteiger partial charge on any atom is 0.242 e. The van der Waals surface area contributed by atoms with Crippen LogP contribution in [0.1, 0.15) is 0 Å². The van der Waals surface area contributed by atoms with E-state index in [4.69, 9.17) is 4.74 Å². The van der Waals surface area contributed by atoms with Gasteiger partial charge in [0.25, 0.3) is 0 Å². The Morgan fingerprint density at radius 3 is 2.67 bits per heavy atom. The molecular weight excluding hydrogens is 266 g/mol. The summed E-state index contributed by atoms with van der Waals surface area (Å²) in [6, 6.07) is 7.92. The Bertz CT molecular complexity index is 642. The topological polar surface area (TPSA) is 37.7 Å². The van der Waals surface area contributed by atoms with Crippen molar-refractivity contribution in [3.63, 3.8) is 0 Å². The first-order valence-electron chi connectivity index (χ1n) is 7.27. The number of ether oxygens (including phenoxy) is 1. The van der Waals surface area contributed by atoms with Gasteiger partial charge in [0.1, 0.15) is 12.3 Å². The number of benzene rings is 1. The van der Waals surface area contributed by atoms with Gasteiger partial charge < -0.3 is 19.1 Å². The zero-order valence-corrected chi connectivity index (χ0v) is 12.6. The molecular formula is C16H21N3O2. The number of hydrogen-bond acceptors (Lipinski definition) is 3. The molecule has 1 aromatic heterocycles. The number of aromatic nitrogens is 1. The van der Waals surface area contributed by atoms with Gasteiger partial charge in [0.15, 0.2) is 0 Å². The molecule has 1 fully saturated rings. The highest BCUT2D eigenvalue weighted by molar-refractivity contribution is 5.88. The summed E-state index contributed by atoms with van der Waals surface area (Å²) in [5.74, 6) is 1.03. The Hall–Kier alpha value is -2.01. The lowest BCUT2D eigenvalue weighted by Crippen LogP contribution is -2.48. The Balaban J connectivity index is 1.77. The van der Waals surface area contributed by atoms with E-state index in [1.807, 2.05) is 39.9 Å². The second-order valence-electron chi connectivity index (χ2n) is 5.52. The molecule has 5 heteroatoms. The molecule has 0 aliphatic carbocycles. The van der Waals surface area contributed by atoms with E-state index in [1.165, 1.54) is 0 Å². The van der Waals surface area contributed by atoms with Crippen LogP contribution in [0.15, 0.2) is 30.5 Å². The van der Waals surface area contributed by atoms with Gasteiger partial charge in [-0.3, -0.25) is 4.79 Å². The minimum absolute atomic E-state index is 0.184. The molecule has 112 valence electrons. The molecule has 1 amide bonds. The van der Waals surface area contributed by atoms with Gasteiger partial charge in [0.05, 0.1) is 12.6 Å². The Morgan fingerprint density at radius 2 is 1.95 bits per heavy atom.